The van der Waals surface area contributed by atoms with E-state index in [2.05, 4.69) is 79.0 Å². The van der Waals surface area contributed by atoms with Crippen LogP contribution in [0.4, 0.5) is 0 Å². The first-order chi connectivity index (χ1) is 11.8. The van der Waals surface area contributed by atoms with Gasteiger partial charge in [-0.05, 0) is 54.4 Å². The molecule has 3 unspecified atom stereocenters. The SMILES string of the molecule is CCOCC(C)C(C)(C)N1CC(C)N(C(C)(C)C(C)(C)COC)CC1C. The zero-order valence-corrected chi connectivity index (χ0v) is 19.5. The van der Waals surface area contributed by atoms with E-state index < -0.39 is 0 Å². The highest BCUT2D eigenvalue weighted by molar-refractivity contribution is 5.03. The minimum atomic E-state index is 0.0733. The predicted molar refractivity (Wildman–Crippen MR) is 112 cm³/mol. The van der Waals surface area contributed by atoms with Gasteiger partial charge in [-0.3, -0.25) is 9.80 Å². The van der Waals surface area contributed by atoms with E-state index in [9.17, 15) is 0 Å². The molecule has 0 radical (unpaired) electrons. The average molecular weight is 371 g/mol. The molecule has 1 heterocycles. The number of piperazine rings is 1. The summed E-state index contributed by atoms with van der Waals surface area (Å²) in [4.78, 5) is 5.41. The zero-order chi connectivity index (χ0) is 20.3. The van der Waals surface area contributed by atoms with Crippen LogP contribution < -0.4 is 0 Å². The van der Waals surface area contributed by atoms with Crippen molar-refractivity contribution in [3.63, 3.8) is 0 Å². The molecule has 0 aromatic heterocycles. The van der Waals surface area contributed by atoms with Gasteiger partial charge in [0, 0.05) is 55.4 Å². The molecule has 0 bridgehead atoms. The summed E-state index contributed by atoms with van der Waals surface area (Å²) in [6, 6.07) is 1.03. The Morgan fingerprint density at radius 2 is 1.46 bits per heavy atom. The van der Waals surface area contributed by atoms with Crippen LogP contribution in [-0.2, 0) is 9.47 Å². The molecule has 156 valence electrons. The monoisotopic (exact) mass is 370 g/mol. The van der Waals surface area contributed by atoms with Gasteiger partial charge in [0.1, 0.15) is 0 Å². The molecular formula is C22H46N2O2. The average Bonchev–Trinajstić information content (AvgIpc) is 2.53. The van der Waals surface area contributed by atoms with Crippen molar-refractivity contribution in [2.45, 2.75) is 92.4 Å². The molecule has 4 nitrogen and oxygen atoms in total. The molecule has 1 fully saturated rings. The van der Waals surface area contributed by atoms with E-state index in [1.165, 1.54) is 0 Å². The first kappa shape index (κ1) is 23.9. The van der Waals surface area contributed by atoms with Gasteiger partial charge in [-0.15, -0.1) is 0 Å². The summed E-state index contributed by atoms with van der Waals surface area (Å²) in [5.41, 5.74) is 0.292. The second kappa shape index (κ2) is 8.89. The third-order valence-corrected chi connectivity index (χ3v) is 7.38. The fraction of sp³-hybridized carbons (Fsp3) is 1.00. The largest absolute Gasteiger partial charge is 0.384 e. The lowest BCUT2D eigenvalue weighted by atomic mass is 9.72. The second-order valence-electron chi connectivity index (χ2n) is 10.1. The molecular weight excluding hydrogens is 324 g/mol. The van der Waals surface area contributed by atoms with E-state index in [0.717, 1.165) is 32.9 Å². The molecule has 1 rings (SSSR count). The number of ether oxygens (including phenoxy) is 2. The molecule has 1 aliphatic heterocycles. The highest BCUT2D eigenvalue weighted by atomic mass is 16.5. The predicted octanol–water partition coefficient (Wildman–Crippen LogP) is 4.28. The highest BCUT2D eigenvalue weighted by Crippen LogP contribution is 2.40. The second-order valence-corrected chi connectivity index (χ2v) is 10.1. The molecule has 0 aromatic rings. The standard InChI is InChI=1S/C22H46N2O2/c1-12-26-15-17(2)21(7,8)23-13-19(4)24(14-18(23)3)22(9,10)20(5,6)16-25-11/h17-19H,12-16H2,1-11H3. The molecule has 0 spiro atoms. The van der Waals surface area contributed by atoms with Gasteiger partial charge in [-0.25, -0.2) is 0 Å². The van der Waals surface area contributed by atoms with E-state index in [1.54, 1.807) is 0 Å². The lowest BCUT2D eigenvalue weighted by Crippen LogP contribution is -2.70. The summed E-state index contributed by atoms with van der Waals surface area (Å²) in [6.07, 6.45) is 0. The van der Waals surface area contributed by atoms with Crippen molar-refractivity contribution < 1.29 is 9.47 Å². The van der Waals surface area contributed by atoms with Crippen LogP contribution in [0.2, 0.25) is 0 Å². The topological polar surface area (TPSA) is 24.9 Å². The summed E-state index contributed by atoms with van der Waals surface area (Å²) < 4.78 is 11.3. The molecule has 3 atom stereocenters. The number of rotatable bonds is 9. The van der Waals surface area contributed by atoms with Gasteiger partial charge in [0.2, 0.25) is 0 Å². The number of hydrogen-bond acceptors (Lipinski definition) is 4. The summed E-state index contributed by atoms with van der Waals surface area (Å²) in [5.74, 6) is 0.501. The number of nitrogens with zero attached hydrogens (tertiary/aromatic N) is 2. The number of methoxy groups -OCH3 is 1. The van der Waals surface area contributed by atoms with Gasteiger partial charge >= 0.3 is 0 Å². The first-order valence-corrected chi connectivity index (χ1v) is 10.4. The highest BCUT2D eigenvalue weighted by Gasteiger charge is 2.48. The Morgan fingerprint density at radius 1 is 0.962 bits per heavy atom. The fourth-order valence-corrected chi connectivity index (χ4v) is 4.42. The van der Waals surface area contributed by atoms with Crippen molar-refractivity contribution in [3.05, 3.63) is 0 Å². The Kier molecular flexibility index (Phi) is 8.17. The van der Waals surface area contributed by atoms with E-state index >= 15 is 0 Å². The normalized spacial score (nSPS) is 25.5. The minimum Gasteiger partial charge on any atom is -0.384 e. The van der Waals surface area contributed by atoms with Crippen molar-refractivity contribution in [3.8, 4) is 0 Å². The minimum absolute atomic E-state index is 0.0733. The Hall–Kier alpha value is -0.160. The molecule has 0 aliphatic carbocycles. The van der Waals surface area contributed by atoms with E-state index in [4.69, 9.17) is 9.47 Å². The lowest BCUT2D eigenvalue weighted by Gasteiger charge is -2.59. The third kappa shape index (κ3) is 4.81. The zero-order valence-electron chi connectivity index (χ0n) is 19.5. The van der Waals surface area contributed by atoms with Crippen molar-refractivity contribution in [2.24, 2.45) is 11.3 Å². The number of hydrogen-bond donors (Lipinski definition) is 0. The van der Waals surface area contributed by atoms with Crippen LogP contribution in [-0.4, -0.2) is 73.0 Å². The Balaban J connectivity index is 2.96. The van der Waals surface area contributed by atoms with Crippen LogP contribution in [0.25, 0.3) is 0 Å². The molecule has 1 saturated heterocycles. The van der Waals surface area contributed by atoms with Crippen LogP contribution >= 0.6 is 0 Å². The van der Waals surface area contributed by atoms with Crippen molar-refractivity contribution in [1.29, 1.82) is 0 Å². The Morgan fingerprint density at radius 3 is 1.96 bits per heavy atom. The maximum Gasteiger partial charge on any atom is 0.0530 e. The lowest BCUT2D eigenvalue weighted by molar-refractivity contribution is -0.116. The van der Waals surface area contributed by atoms with Crippen molar-refractivity contribution in [1.82, 2.24) is 9.80 Å². The van der Waals surface area contributed by atoms with Gasteiger partial charge in [-0.1, -0.05) is 20.8 Å². The summed E-state index contributed by atoms with van der Waals surface area (Å²) in [5, 5.41) is 0. The smallest absolute Gasteiger partial charge is 0.0530 e. The third-order valence-electron chi connectivity index (χ3n) is 7.38. The molecule has 4 heteroatoms. The van der Waals surface area contributed by atoms with Gasteiger partial charge in [0.25, 0.3) is 0 Å². The molecule has 1 aliphatic rings. The molecule has 0 N–H and O–H groups in total. The summed E-state index contributed by atoms with van der Waals surface area (Å²) >= 11 is 0. The first-order valence-electron chi connectivity index (χ1n) is 10.4. The fourth-order valence-electron chi connectivity index (χ4n) is 4.42. The van der Waals surface area contributed by atoms with Crippen LogP contribution in [0.15, 0.2) is 0 Å². The van der Waals surface area contributed by atoms with Crippen molar-refractivity contribution in [2.75, 3.05) is 40.0 Å². The molecule has 0 amide bonds. The van der Waals surface area contributed by atoms with Gasteiger partial charge in [-0.2, -0.15) is 0 Å². The Labute approximate surface area is 163 Å². The van der Waals surface area contributed by atoms with Gasteiger partial charge < -0.3 is 9.47 Å². The summed E-state index contributed by atoms with van der Waals surface area (Å²) in [7, 11) is 1.81. The Bertz CT molecular complexity index is 434. The molecule has 0 aromatic carbocycles. The van der Waals surface area contributed by atoms with Crippen molar-refractivity contribution >= 4 is 0 Å². The van der Waals surface area contributed by atoms with Gasteiger partial charge in [0.05, 0.1) is 13.2 Å². The van der Waals surface area contributed by atoms with Crippen LogP contribution in [0, 0.1) is 11.3 Å². The van der Waals surface area contributed by atoms with Crippen LogP contribution in [0.5, 0.6) is 0 Å². The molecule has 0 saturated carbocycles. The van der Waals surface area contributed by atoms with Crippen LogP contribution in [0.3, 0.4) is 0 Å². The van der Waals surface area contributed by atoms with E-state index in [1.807, 2.05) is 7.11 Å². The maximum absolute atomic E-state index is 5.73. The van der Waals surface area contributed by atoms with E-state index in [-0.39, 0.29) is 16.5 Å². The maximum atomic E-state index is 5.73. The van der Waals surface area contributed by atoms with E-state index in [0.29, 0.717) is 18.0 Å². The van der Waals surface area contributed by atoms with Crippen LogP contribution in [0.1, 0.15) is 69.2 Å². The quantitative estimate of drug-likeness (QED) is 0.605. The molecule has 26 heavy (non-hydrogen) atoms. The van der Waals surface area contributed by atoms with Gasteiger partial charge in [0.15, 0.2) is 0 Å². The summed E-state index contributed by atoms with van der Waals surface area (Å²) in [6.45, 7) is 27.9.